The lowest BCUT2D eigenvalue weighted by molar-refractivity contribution is 0.689. The van der Waals surface area contributed by atoms with Crippen LogP contribution in [0.5, 0.6) is 0 Å². The van der Waals surface area contributed by atoms with Crippen LogP contribution < -0.4 is 10.2 Å². The van der Waals surface area contributed by atoms with Crippen LogP contribution in [-0.2, 0) is 13.0 Å². The highest BCUT2D eigenvalue weighted by atomic mass is 32.1. The summed E-state index contributed by atoms with van der Waals surface area (Å²) in [5.41, 5.74) is 1.28. The van der Waals surface area contributed by atoms with Gasteiger partial charge in [0.25, 0.3) is 0 Å². The molecule has 1 aromatic rings. The van der Waals surface area contributed by atoms with E-state index in [0.717, 1.165) is 25.6 Å². The molecular weight excluding hydrogens is 230 g/mol. The zero-order valence-electron chi connectivity index (χ0n) is 11.1. The Hall–Kier alpha value is -0.610. The summed E-state index contributed by atoms with van der Waals surface area (Å²) in [6.07, 6.45) is 4.91. The van der Waals surface area contributed by atoms with Crippen LogP contribution in [0.25, 0.3) is 0 Å². The number of aryl methyl sites for hydroxylation is 1. The standard InChI is InChI=1S/C13H23N3S/c1-4-8-16(3)13-15-11(5-2)12(17-13)9-14-10-6-7-10/h10,14H,4-9H2,1-3H3. The molecule has 4 heteroatoms. The van der Waals surface area contributed by atoms with Crippen molar-refractivity contribution in [1.82, 2.24) is 10.3 Å². The molecule has 0 bridgehead atoms. The van der Waals surface area contributed by atoms with Gasteiger partial charge >= 0.3 is 0 Å². The first-order valence-electron chi connectivity index (χ1n) is 6.67. The van der Waals surface area contributed by atoms with Crippen molar-refractivity contribution >= 4 is 16.5 Å². The number of anilines is 1. The molecule has 0 spiro atoms. The van der Waals surface area contributed by atoms with Gasteiger partial charge in [0, 0.05) is 31.1 Å². The van der Waals surface area contributed by atoms with E-state index in [0.29, 0.717) is 0 Å². The molecule has 17 heavy (non-hydrogen) atoms. The lowest BCUT2D eigenvalue weighted by Gasteiger charge is -2.13. The molecule has 1 aliphatic rings. The number of hydrogen-bond donors (Lipinski definition) is 1. The normalized spacial score (nSPS) is 15.2. The molecule has 0 atom stereocenters. The Bertz CT molecular complexity index is 358. The summed E-state index contributed by atoms with van der Waals surface area (Å²) < 4.78 is 0. The summed E-state index contributed by atoms with van der Waals surface area (Å²) in [6.45, 7) is 6.50. The number of nitrogens with one attached hydrogen (secondary N) is 1. The first kappa shape index (κ1) is 12.8. The molecule has 0 amide bonds. The minimum Gasteiger partial charge on any atom is -0.351 e. The second-order valence-corrected chi connectivity index (χ2v) is 5.86. The van der Waals surface area contributed by atoms with E-state index in [1.165, 1.54) is 35.0 Å². The molecule has 0 unspecified atom stereocenters. The zero-order chi connectivity index (χ0) is 12.3. The lowest BCUT2D eigenvalue weighted by Crippen LogP contribution is -2.17. The quantitative estimate of drug-likeness (QED) is 0.810. The largest absolute Gasteiger partial charge is 0.351 e. The monoisotopic (exact) mass is 253 g/mol. The first-order chi connectivity index (χ1) is 8.24. The summed E-state index contributed by atoms with van der Waals surface area (Å²) >= 11 is 1.85. The van der Waals surface area contributed by atoms with Crippen molar-refractivity contribution < 1.29 is 0 Å². The van der Waals surface area contributed by atoms with E-state index < -0.39 is 0 Å². The molecule has 1 saturated carbocycles. The van der Waals surface area contributed by atoms with E-state index >= 15 is 0 Å². The fourth-order valence-electron chi connectivity index (χ4n) is 1.90. The molecule has 0 radical (unpaired) electrons. The second-order valence-electron chi connectivity index (χ2n) is 4.80. The van der Waals surface area contributed by atoms with E-state index in [2.05, 4.69) is 31.1 Å². The van der Waals surface area contributed by atoms with Gasteiger partial charge in [-0.1, -0.05) is 13.8 Å². The van der Waals surface area contributed by atoms with Crippen LogP contribution in [-0.4, -0.2) is 24.6 Å². The fraction of sp³-hybridized carbons (Fsp3) is 0.769. The first-order valence-corrected chi connectivity index (χ1v) is 7.49. The fourth-order valence-corrected chi connectivity index (χ4v) is 2.99. The second kappa shape index (κ2) is 5.83. The maximum Gasteiger partial charge on any atom is 0.185 e. The molecular formula is C13H23N3S. The van der Waals surface area contributed by atoms with Crippen molar-refractivity contribution in [3.63, 3.8) is 0 Å². The predicted molar refractivity (Wildman–Crippen MR) is 74.9 cm³/mol. The third-order valence-corrected chi connectivity index (χ3v) is 4.33. The molecule has 1 aliphatic carbocycles. The van der Waals surface area contributed by atoms with Gasteiger partial charge in [0.2, 0.25) is 0 Å². The van der Waals surface area contributed by atoms with Crippen LogP contribution in [0.2, 0.25) is 0 Å². The van der Waals surface area contributed by atoms with E-state index in [1.807, 2.05) is 11.3 Å². The molecule has 2 rings (SSSR count). The Morgan fingerprint density at radius 2 is 2.18 bits per heavy atom. The third kappa shape index (κ3) is 3.42. The van der Waals surface area contributed by atoms with Crippen molar-refractivity contribution in [3.05, 3.63) is 10.6 Å². The summed E-state index contributed by atoms with van der Waals surface area (Å²) in [5, 5.41) is 4.76. The van der Waals surface area contributed by atoms with E-state index in [-0.39, 0.29) is 0 Å². The van der Waals surface area contributed by atoms with Gasteiger partial charge in [-0.15, -0.1) is 11.3 Å². The summed E-state index contributed by atoms with van der Waals surface area (Å²) in [6, 6.07) is 0.777. The molecule has 1 aromatic heterocycles. The van der Waals surface area contributed by atoms with Gasteiger partial charge in [0.15, 0.2) is 5.13 Å². The van der Waals surface area contributed by atoms with Gasteiger partial charge in [0.05, 0.1) is 5.69 Å². The number of thiazole rings is 1. The zero-order valence-corrected chi connectivity index (χ0v) is 11.9. The van der Waals surface area contributed by atoms with E-state index in [4.69, 9.17) is 4.98 Å². The van der Waals surface area contributed by atoms with Crippen LogP contribution >= 0.6 is 11.3 Å². The maximum absolute atomic E-state index is 4.75. The average molecular weight is 253 g/mol. The number of nitrogens with zero attached hydrogens (tertiary/aromatic N) is 2. The Kier molecular flexibility index (Phi) is 4.40. The highest BCUT2D eigenvalue weighted by Crippen LogP contribution is 2.27. The summed E-state index contributed by atoms with van der Waals surface area (Å²) in [4.78, 5) is 8.45. The SMILES string of the molecule is CCCN(C)c1nc(CC)c(CNC2CC2)s1. The third-order valence-electron chi connectivity index (χ3n) is 3.12. The smallest absolute Gasteiger partial charge is 0.185 e. The molecule has 0 aliphatic heterocycles. The van der Waals surface area contributed by atoms with Gasteiger partial charge in [-0.05, 0) is 25.7 Å². The van der Waals surface area contributed by atoms with Gasteiger partial charge in [-0.3, -0.25) is 0 Å². The van der Waals surface area contributed by atoms with Crippen molar-refractivity contribution in [3.8, 4) is 0 Å². The Balaban J connectivity index is 2.01. The molecule has 1 N–H and O–H groups in total. The van der Waals surface area contributed by atoms with Crippen LogP contribution in [0.1, 0.15) is 43.7 Å². The van der Waals surface area contributed by atoms with Crippen molar-refractivity contribution in [2.45, 2.75) is 52.1 Å². The Labute approximate surface area is 108 Å². The van der Waals surface area contributed by atoms with E-state index in [9.17, 15) is 0 Å². The van der Waals surface area contributed by atoms with Gasteiger partial charge in [-0.2, -0.15) is 0 Å². The molecule has 1 fully saturated rings. The summed E-state index contributed by atoms with van der Waals surface area (Å²) in [5.74, 6) is 0. The van der Waals surface area contributed by atoms with Gasteiger partial charge < -0.3 is 10.2 Å². The number of rotatable bonds is 7. The maximum atomic E-state index is 4.75. The predicted octanol–water partition coefficient (Wildman–Crippen LogP) is 2.80. The highest BCUT2D eigenvalue weighted by Gasteiger charge is 2.21. The van der Waals surface area contributed by atoms with Gasteiger partial charge in [0.1, 0.15) is 0 Å². The summed E-state index contributed by atoms with van der Waals surface area (Å²) in [7, 11) is 2.14. The van der Waals surface area contributed by atoms with Crippen LogP contribution in [0, 0.1) is 0 Å². The molecule has 0 saturated heterocycles. The van der Waals surface area contributed by atoms with Crippen LogP contribution in [0.3, 0.4) is 0 Å². The topological polar surface area (TPSA) is 28.2 Å². The minimum atomic E-state index is 0.777. The van der Waals surface area contributed by atoms with Gasteiger partial charge in [-0.25, -0.2) is 4.98 Å². The Morgan fingerprint density at radius 1 is 1.41 bits per heavy atom. The van der Waals surface area contributed by atoms with Crippen molar-refractivity contribution in [2.75, 3.05) is 18.5 Å². The van der Waals surface area contributed by atoms with Crippen molar-refractivity contribution in [1.29, 1.82) is 0 Å². The highest BCUT2D eigenvalue weighted by molar-refractivity contribution is 7.15. The van der Waals surface area contributed by atoms with Crippen molar-refractivity contribution in [2.24, 2.45) is 0 Å². The molecule has 3 nitrogen and oxygen atoms in total. The lowest BCUT2D eigenvalue weighted by atomic mass is 10.3. The number of aromatic nitrogens is 1. The minimum absolute atomic E-state index is 0.777. The molecule has 96 valence electrons. The Morgan fingerprint density at radius 3 is 2.76 bits per heavy atom. The van der Waals surface area contributed by atoms with Crippen LogP contribution in [0.4, 0.5) is 5.13 Å². The van der Waals surface area contributed by atoms with Crippen LogP contribution in [0.15, 0.2) is 0 Å². The molecule has 1 heterocycles. The van der Waals surface area contributed by atoms with E-state index in [1.54, 1.807) is 0 Å². The average Bonchev–Trinajstić information content (AvgIpc) is 3.05. The molecule has 0 aromatic carbocycles. The number of hydrogen-bond acceptors (Lipinski definition) is 4.